The predicted molar refractivity (Wildman–Crippen MR) is 87.0 cm³/mol. The Balaban J connectivity index is 1.89. The predicted octanol–water partition coefficient (Wildman–Crippen LogP) is 2.39. The van der Waals surface area contributed by atoms with Gasteiger partial charge in [-0.3, -0.25) is 4.79 Å². The third kappa shape index (κ3) is 5.03. The van der Waals surface area contributed by atoms with Crippen LogP contribution in [0, 0.1) is 17.7 Å². The molecule has 2 rings (SSSR count). The van der Waals surface area contributed by atoms with E-state index in [9.17, 15) is 19.1 Å². The first-order valence-electron chi connectivity index (χ1n) is 8.33. The van der Waals surface area contributed by atoms with Gasteiger partial charge >= 0.3 is 5.97 Å². The molecule has 24 heavy (non-hydrogen) atoms. The number of amides is 1. The van der Waals surface area contributed by atoms with Gasteiger partial charge in [0.1, 0.15) is 11.9 Å². The molecule has 5 nitrogen and oxygen atoms in total. The lowest BCUT2D eigenvalue weighted by atomic mass is 9.92. The number of carboxylic acid groups (broad SMARTS) is 1. The number of carbonyl (C=O) groups is 2. The molecule has 0 bridgehead atoms. The molecule has 0 spiro atoms. The van der Waals surface area contributed by atoms with Crippen molar-refractivity contribution in [3.63, 3.8) is 0 Å². The first-order valence-corrected chi connectivity index (χ1v) is 8.33. The van der Waals surface area contributed by atoms with E-state index in [4.69, 9.17) is 4.74 Å². The zero-order chi connectivity index (χ0) is 17.5. The van der Waals surface area contributed by atoms with Crippen molar-refractivity contribution in [1.29, 1.82) is 0 Å². The second-order valence-corrected chi connectivity index (χ2v) is 6.33. The summed E-state index contributed by atoms with van der Waals surface area (Å²) < 4.78 is 18.9. The lowest BCUT2D eigenvalue weighted by Crippen LogP contribution is -2.49. The molecule has 1 aromatic carbocycles. The molecule has 3 atom stereocenters. The van der Waals surface area contributed by atoms with Gasteiger partial charge in [0.15, 0.2) is 0 Å². The summed E-state index contributed by atoms with van der Waals surface area (Å²) >= 11 is 0. The van der Waals surface area contributed by atoms with Gasteiger partial charge in [-0.05, 0) is 37.3 Å². The third-order valence-corrected chi connectivity index (χ3v) is 4.48. The van der Waals surface area contributed by atoms with Crippen LogP contribution in [-0.2, 0) is 20.7 Å². The normalized spacial score (nSPS) is 20.2. The van der Waals surface area contributed by atoms with Crippen molar-refractivity contribution in [3.05, 3.63) is 35.6 Å². The Morgan fingerprint density at radius 1 is 1.42 bits per heavy atom. The molecule has 132 valence electrons. The van der Waals surface area contributed by atoms with E-state index < -0.39 is 17.9 Å². The van der Waals surface area contributed by atoms with Gasteiger partial charge in [0.05, 0.1) is 6.61 Å². The summed E-state index contributed by atoms with van der Waals surface area (Å²) in [5.74, 6) is -2.24. The maximum absolute atomic E-state index is 13.6. The Hall–Kier alpha value is -1.95. The number of ether oxygens (including phenoxy) is 1. The topological polar surface area (TPSA) is 75.6 Å². The monoisotopic (exact) mass is 337 g/mol. The van der Waals surface area contributed by atoms with E-state index >= 15 is 0 Å². The van der Waals surface area contributed by atoms with Crippen LogP contribution in [-0.4, -0.2) is 36.2 Å². The van der Waals surface area contributed by atoms with E-state index in [0.717, 1.165) is 12.8 Å². The zero-order valence-electron chi connectivity index (χ0n) is 13.8. The number of aliphatic carboxylic acids is 1. The molecule has 1 aliphatic rings. The molecule has 0 radical (unpaired) electrons. The number of hydrogen-bond acceptors (Lipinski definition) is 3. The Labute approximate surface area is 141 Å². The fourth-order valence-electron chi connectivity index (χ4n) is 2.91. The van der Waals surface area contributed by atoms with Crippen molar-refractivity contribution < 1.29 is 23.8 Å². The molecule has 0 saturated carbocycles. The molecule has 1 aliphatic heterocycles. The van der Waals surface area contributed by atoms with Crippen LogP contribution in [0.3, 0.4) is 0 Å². The second kappa shape index (κ2) is 8.78. The molecule has 3 unspecified atom stereocenters. The number of carbonyl (C=O) groups excluding carboxylic acids is 1. The summed E-state index contributed by atoms with van der Waals surface area (Å²) in [5.41, 5.74) is 0.563. The standard InChI is InChI=1S/C18H24FNO4/c1-12(8-9-13-5-2-3-7-15(13)19)17(21)20-16(18(22)23)14-6-4-10-24-11-14/h2-3,5,7,12,14,16H,4,6,8-11H2,1H3,(H,20,21)(H,22,23). The quantitative estimate of drug-likeness (QED) is 0.801. The highest BCUT2D eigenvalue weighted by atomic mass is 19.1. The van der Waals surface area contributed by atoms with E-state index in [-0.39, 0.29) is 17.6 Å². The van der Waals surface area contributed by atoms with E-state index in [1.165, 1.54) is 6.07 Å². The van der Waals surface area contributed by atoms with Gasteiger partial charge in [0, 0.05) is 18.4 Å². The number of rotatable bonds is 7. The minimum absolute atomic E-state index is 0.209. The number of hydrogen-bond donors (Lipinski definition) is 2. The first kappa shape index (κ1) is 18.4. The summed E-state index contributed by atoms with van der Waals surface area (Å²) in [6.07, 6.45) is 2.42. The molecule has 2 N–H and O–H groups in total. The minimum Gasteiger partial charge on any atom is -0.480 e. The number of halogens is 1. The van der Waals surface area contributed by atoms with Crippen molar-refractivity contribution in [3.8, 4) is 0 Å². The van der Waals surface area contributed by atoms with Gasteiger partial charge in [-0.15, -0.1) is 0 Å². The molecule has 6 heteroatoms. The van der Waals surface area contributed by atoms with Gasteiger partial charge < -0.3 is 15.2 Å². The Kier molecular flexibility index (Phi) is 6.73. The summed E-state index contributed by atoms with van der Waals surface area (Å²) in [4.78, 5) is 23.8. The fraction of sp³-hybridized carbons (Fsp3) is 0.556. The van der Waals surface area contributed by atoms with Crippen LogP contribution < -0.4 is 5.32 Å². The lowest BCUT2D eigenvalue weighted by Gasteiger charge is -2.28. The maximum Gasteiger partial charge on any atom is 0.326 e. The molecule has 1 saturated heterocycles. The summed E-state index contributed by atoms with van der Waals surface area (Å²) in [6.45, 7) is 2.71. The van der Waals surface area contributed by atoms with Crippen LogP contribution in [0.1, 0.15) is 31.7 Å². The fourth-order valence-corrected chi connectivity index (χ4v) is 2.91. The minimum atomic E-state index is -1.04. The molecule has 1 heterocycles. The van der Waals surface area contributed by atoms with Gasteiger partial charge in [0.2, 0.25) is 5.91 Å². The SMILES string of the molecule is CC(CCc1ccccc1F)C(=O)NC(C(=O)O)C1CCCOC1. The number of benzene rings is 1. The largest absolute Gasteiger partial charge is 0.480 e. The summed E-state index contributed by atoms with van der Waals surface area (Å²) in [7, 11) is 0. The highest BCUT2D eigenvalue weighted by Crippen LogP contribution is 2.19. The van der Waals surface area contributed by atoms with Gasteiger partial charge in [-0.2, -0.15) is 0 Å². The molecular weight excluding hydrogens is 313 g/mol. The average molecular weight is 337 g/mol. The number of aryl methyl sites for hydroxylation is 1. The van der Waals surface area contributed by atoms with Crippen molar-refractivity contribution >= 4 is 11.9 Å². The Morgan fingerprint density at radius 3 is 2.79 bits per heavy atom. The highest BCUT2D eigenvalue weighted by molar-refractivity contribution is 5.85. The molecule has 0 aromatic heterocycles. The van der Waals surface area contributed by atoms with Crippen LogP contribution in [0.5, 0.6) is 0 Å². The van der Waals surface area contributed by atoms with Crippen LogP contribution >= 0.6 is 0 Å². The van der Waals surface area contributed by atoms with Crippen LogP contribution in [0.15, 0.2) is 24.3 Å². The van der Waals surface area contributed by atoms with E-state index in [1.54, 1.807) is 25.1 Å². The molecule has 1 aromatic rings. The van der Waals surface area contributed by atoms with Crippen molar-refractivity contribution in [2.24, 2.45) is 11.8 Å². The smallest absolute Gasteiger partial charge is 0.326 e. The van der Waals surface area contributed by atoms with Crippen molar-refractivity contribution in [1.82, 2.24) is 5.32 Å². The van der Waals surface area contributed by atoms with Crippen LogP contribution in [0.4, 0.5) is 4.39 Å². The van der Waals surface area contributed by atoms with Crippen molar-refractivity contribution in [2.45, 2.75) is 38.6 Å². The van der Waals surface area contributed by atoms with Gasteiger partial charge in [-0.1, -0.05) is 25.1 Å². The van der Waals surface area contributed by atoms with Crippen LogP contribution in [0.2, 0.25) is 0 Å². The van der Waals surface area contributed by atoms with Crippen molar-refractivity contribution in [2.75, 3.05) is 13.2 Å². The van der Waals surface area contributed by atoms with Gasteiger partial charge in [0.25, 0.3) is 0 Å². The second-order valence-electron chi connectivity index (χ2n) is 6.33. The van der Waals surface area contributed by atoms with E-state index in [2.05, 4.69) is 5.32 Å². The maximum atomic E-state index is 13.6. The summed E-state index contributed by atoms with van der Waals surface area (Å²) in [5, 5.41) is 12.0. The average Bonchev–Trinajstić information content (AvgIpc) is 2.59. The number of carboxylic acids is 1. The summed E-state index contributed by atoms with van der Waals surface area (Å²) in [6, 6.07) is 5.53. The third-order valence-electron chi connectivity index (χ3n) is 4.48. The Bertz CT molecular complexity index is 572. The van der Waals surface area contributed by atoms with Crippen LogP contribution in [0.25, 0.3) is 0 Å². The molecular formula is C18H24FNO4. The van der Waals surface area contributed by atoms with E-state index in [1.807, 2.05) is 0 Å². The number of nitrogens with one attached hydrogen (secondary N) is 1. The van der Waals surface area contributed by atoms with Gasteiger partial charge in [-0.25, -0.2) is 9.18 Å². The first-order chi connectivity index (χ1) is 11.5. The molecule has 1 fully saturated rings. The molecule has 1 amide bonds. The lowest BCUT2D eigenvalue weighted by molar-refractivity contribution is -0.145. The Morgan fingerprint density at radius 2 is 2.17 bits per heavy atom. The highest BCUT2D eigenvalue weighted by Gasteiger charge is 2.32. The van der Waals surface area contributed by atoms with E-state index in [0.29, 0.717) is 31.6 Å². The molecule has 0 aliphatic carbocycles. The zero-order valence-corrected chi connectivity index (χ0v) is 13.8.